The van der Waals surface area contributed by atoms with Gasteiger partial charge in [0.1, 0.15) is 15.8 Å². The summed E-state index contributed by atoms with van der Waals surface area (Å²) in [4.78, 5) is 39.9. The number of rotatable bonds is 3. The molecule has 2 amide bonds. The van der Waals surface area contributed by atoms with Gasteiger partial charge in [0, 0.05) is 49.2 Å². The molecular formula is C22H22N4O4S. The Morgan fingerprint density at radius 1 is 1.00 bits per heavy atom. The van der Waals surface area contributed by atoms with Gasteiger partial charge in [0.05, 0.1) is 31.9 Å². The van der Waals surface area contributed by atoms with Gasteiger partial charge < -0.3 is 19.3 Å². The highest BCUT2D eigenvalue weighted by Gasteiger charge is 2.33. The van der Waals surface area contributed by atoms with E-state index in [1.54, 1.807) is 35.6 Å². The standard InChI is InChI=1S/C22H22N4O4S/c27-21(15-3-1-5-23-13-15)26-9-12-30-17(14-26)18-16-4-2-6-24-20(16)31-19(18)22(28)25-7-10-29-11-8-25/h1-6,13,17H,7-12,14H2/t17-/m1/s1. The van der Waals surface area contributed by atoms with E-state index >= 15 is 0 Å². The number of amides is 2. The van der Waals surface area contributed by atoms with Gasteiger partial charge >= 0.3 is 0 Å². The van der Waals surface area contributed by atoms with Gasteiger partial charge in [-0.2, -0.15) is 0 Å². The number of thiophene rings is 1. The molecule has 5 rings (SSSR count). The van der Waals surface area contributed by atoms with E-state index in [1.165, 1.54) is 11.3 Å². The lowest BCUT2D eigenvalue weighted by atomic mass is 10.0. The molecule has 0 aromatic carbocycles. The van der Waals surface area contributed by atoms with Gasteiger partial charge in [-0.1, -0.05) is 6.07 Å². The summed E-state index contributed by atoms with van der Waals surface area (Å²) in [5.41, 5.74) is 1.37. The lowest BCUT2D eigenvalue weighted by Gasteiger charge is -2.34. The first-order valence-electron chi connectivity index (χ1n) is 10.3. The van der Waals surface area contributed by atoms with Crippen LogP contribution in [0, 0.1) is 0 Å². The number of carbonyl (C=O) groups excluding carboxylic acids is 2. The molecule has 2 fully saturated rings. The zero-order chi connectivity index (χ0) is 21.2. The molecule has 160 valence electrons. The smallest absolute Gasteiger partial charge is 0.264 e. The summed E-state index contributed by atoms with van der Waals surface area (Å²) in [5.74, 6) is -0.110. The van der Waals surface area contributed by atoms with Crippen molar-refractivity contribution in [2.24, 2.45) is 0 Å². The van der Waals surface area contributed by atoms with E-state index in [4.69, 9.17) is 9.47 Å². The zero-order valence-electron chi connectivity index (χ0n) is 16.9. The SMILES string of the molecule is O=C(c1cccnc1)N1CCO[C@@H](c2c(C(=O)N3CCOCC3)sc3ncccc23)C1. The van der Waals surface area contributed by atoms with E-state index in [-0.39, 0.29) is 11.8 Å². The first kappa shape index (κ1) is 20.0. The molecule has 0 saturated carbocycles. The number of morpholine rings is 2. The maximum Gasteiger partial charge on any atom is 0.264 e. The second-order valence-electron chi connectivity index (χ2n) is 7.46. The molecule has 2 aliphatic heterocycles. The van der Waals surface area contributed by atoms with E-state index in [0.29, 0.717) is 56.4 Å². The monoisotopic (exact) mass is 438 g/mol. The summed E-state index contributed by atoms with van der Waals surface area (Å²) >= 11 is 1.39. The first-order valence-corrected chi connectivity index (χ1v) is 11.1. The molecule has 3 aromatic rings. The molecule has 0 N–H and O–H groups in total. The second kappa shape index (κ2) is 8.70. The molecular weight excluding hydrogens is 416 g/mol. The van der Waals surface area contributed by atoms with Crippen molar-refractivity contribution in [3.05, 3.63) is 58.9 Å². The minimum atomic E-state index is -0.396. The summed E-state index contributed by atoms with van der Waals surface area (Å²) in [7, 11) is 0. The molecule has 3 aromatic heterocycles. The van der Waals surface area contributed by atoms with Gasteiger partial charge in [0.2, 0.25) is 0 Å². The summed E-state index contributed by atoms with van der Waals surface area (Å²) in [5, 5.41) is 0.907. The maximum absolute atomic E-state index is 13.4. The van der Waals surface area contributed by atoms with Crippen molar-refractivity contribution >= 4 is 33.4 Å². The normalized spacial score (nSPS) is 19.5. The first-order chi connectivity index (χ1) is 15.2. The topological polar surface area (TPSA) is 84.9 Å². The molecule has 0 bridgehead atoms. The minimum absolute atomic E-state index is 0.0272. The Balaban J connectivity index is 1.48. The number of hydrogen-bond donors (Lipinski definition) is 0. The molecule has 31 heavy (non-hydrogen) atoms. The molecule has 9 heteroatoms. The molecule has 5 heterocycles. The van der Waals surface area contributed by atoms with E-state index in [0.717, 1.165) is 15.8 Å². The number of hydrogen-bond acceptors (Lipinski definition) is 7. The summed E-state index contributed by atoms with van der Waals surface area (Å²) in [6.45, 7) is 3.48. The molecule has 0 unspecified atom stereocenters. The van der Waals surface area contributed by atoms with Gasteiger partial charge in [-0.05, 0) is 18.2 Å². The molecule has 1 atom stereocenters. The zero-order valence-corrected chi connectivity index (χ0v) is 17.7. The fourth-order valence-electron chi connectivity index (χ4n) is 4.02. The number of carbonyl (C=O) groups is 2. The lowest BCUT2D eigenvalue weighted by molar-refractivity contribution is -0.0225. The maximum atomic E-state index is 13.4. The molecule has 0 aliphatic carbocycles. The molecule has 0 radical (unpaired) electrons. The quantitative estimate of drug-likeness (QED) is 0.624. The average Bonchev–Trinajstić information content (AvgIpc) is 3.24. The molecule has 8 nitrogen and oxygen atoms in total. The number of nitrogens with zero attached hydrogens (tertiary/aromatic N) is 4. The highest BCUT2D eigenvalue weighted by atomic mass is 32.1. The van der Waals surface area contributed by atoms with Crippen LogP contribution in [0.15, 0.2) is 42.9 Å². The van der Waals surface area contributed by atoms with Crippen LogP contribution in [0.2, 0.25) is 0 Å². The summed E-state index contributed by atoms with van der Waals surface area (Å²) in [6.07, 6.45) is 4.55. The van der Waals surface area contributed by atoms with Crippen molar-refractivity contribution in [1.82, 2.24) is 19.8 Å². The summed E-state index contributed by atoms with van der Waals surface area (Å²) in [6, 6.07) is 7.35. The van der Waals surface area contributed by atoms with E-state index in [1.807, 2.05) is 17.0 Å². The van der Waals surface area contributed by atoms with Crippen molar-refractivity contribution in [2.75, 3.05) is 46.0 Å². The Hall–Kier alpha value is -2.88. The van der Waals surface area contributed by atoms with Crippen LogP contribution < -0.4 is 0 Å². The second-order valence-corrected chi connectivity index (χ2v) is 8.46. The van der Waals surface area contributed by atoms with Crippen LogP contribution in [0.3, 0.4) is 0 Å². The lowest BCUT2D eigenvalue weighted by Crippen LogP contribution is -2.43. The third-order valence-corrected chi connectivity index (χ3v) is 6.70. The van der Waals surface area contributed by atoms with Crippen LogP contribution in [-0.4, -0.2) is 77.6 Å². The van der Waals surface area contributed by atoms with Crippen LogP contribution in [-0.2, 0) is 9.47 Å². The Morgan fingerprint density at radius 2 is 1.81 bits per heavy atom. The van der Waals surface area contributed by atoms with Gasteiger partial charge in [0.25, 0.3) is 11.8 Å². The van der Waals surface area contributed by atoms with Crippen LogP contribution in [0.25, 0.3) is 10.2 Å². The van der Waals surface area contributed by atoms with Crippen molar-refractivity contribution in [2.45, 2.75) is 6.10 Å². The minimum Gasteiger partial charge on any atom is -0.378 e. The number of aromatic nitrogens is 2. The van der Waals surface area contributed by atoms with E-state index in [9.17, 15) is 9.59 Å². The van der Waals surface area contributed by atoms with Crippen LogP contribution >= 0.6 is 11.3 Å². The predicted molar refractivity (Wildman–Crippen MR) is 115 cm³/mol. The van der Waals surface area contributed by atoms with Crippen molar-refractivity contribution in [1.29, 1.82) is 0 Å². The predicted octanol–water partition coefficient (Wildman–Crippen LogP) is 2.38. The van der Waals surface area contributed by atoms with E-state index < -0.39 is 6.10 Å². The van der Waals surface area contributed by atoms with Gasteiger partial charge in [-0.3, -0.25) is 14.6 Å². The van der Waals surface area contributed by atoms with Crippen LogP contribution in [0.1, 0.15) is 31.7 Å². The highest BCUT2D eigenvalue weighted by Crippen LogP contribution is 2.38. The van der Waals surface area contributed by atoms with Gasteiger partial charge in [-0.25, -0.2) is 4.98 Å². The third kappa shape index (κ3) is 3.91. The Kier molecular flexibility index (Phi) is 5.63. The average molecular weight is 439 g/mol. The van der Waals surface area contributed by atoms with Gasteiger partial charge in [-0.15, -0.1) is 11.3 Å². The fraction of sp³-hybridized carbons (Fsp3) is 0.364. The largest absolute Gasteiger partial charge is 0.378 e. The Bertz CT molecular complexity index is 1100. The number of pyridine rings is 2. The van der Waals surface area contributed by atoms with Crippen molar-refractivity contribution in [3.63, 3.8) is 0 Å². The third-order valence-electron chi connectivity index (χ3n) is 5.58. The molecule has 2 aliphatic rings. The number of fused-ring (bicyclic) bond motifs is 1. The van der Waals surface area contributed by atoms with Crippen LogP contribution in [0.4, 0.5) is 0 Å². The fourth-order valence-corrected chi connectivity index (χ4v) is 5.18. The van der Waals surface area contributed by atoms with Crippen LogP contribution in [0.5, 0.6) is 0 Å². The van der Waals surface area contributed by atoms with Gasteiger partial charge in [0.15, 0.2) is 0 Å². The Labute approximate surface area is 183 Å². The van der Waals surface area contributed by atoms with Crippen molar-refractivity contribution < 1.29 is 19.1 Å². The molecule has 0 spiro atoms. The van der Waals surface area contributed by atoms with E-state index in [2.05, 4.69) is 9.97 Å². The molecule has 2 saturated heterocycles. The van der Waals surface area contributed by atoms with Crippen molar-refractivity contribution in [3.8, 4) is 0 Å². The number of ether oxygens (including phenoxy) is 2. The summed E-state index contributed by atoms with van der Waals surface area (Å²) < 4.78 is 11.5. The highest BCUT2D eigenvalue weighted by molar-refractivity contribution is 7.20. The Morgan fingerprint density at radius 3 is 2.61 bits per heavy atom.